The van der Waals surface area contributed by atoms with Gasteiger partial charge in [0.05, 0.1) is 11.4 Å². The van der Waals surface area contributed by atoms with Crippen molar-refractivity contribution >= 4 is 27.5 Å². The first-order valence-electron chi connectivity index (χ1n) is 9.62. The van der Waals surface area contributed by atoms with Gasteiger partial charge in [-0.05, 0) is 49.8 Å². The summed E-state index contributed by atoms with van der Waals surface area (Å²) in [5.41, 5.74) is 0. The Bertz CT molecular complexity index is 755. The molecule has 6 nitrogen and oxygen atoms in total. The van der Waals surface area contributed by atoms with E-state index in [1.807, 2.05) is 4.90 Å². The summed E-state index contributed by atoms with van der Waals surface area (Å²) >= 11 is 5.92. The predicted molar refractivity (Wildman–Crippen MR) is 106 cm³/mol. The molecule has 2 aliphatic rings. The van der Waals surface area contributed by atoms with E-state index in [2.05, 4.69) is 12.2 Å². The molecule has 1 heterocycles. The third-order valence-corrected chi connectivity index (χ3v) is 7.64. The van der Waals surface area contributed by atoms with Crippen LogP contribution < -0.4 is 5.32 Å². The molecule has 3 rings (SSSR count). The lowest BCUT2D eigenvalue weighted by Crippen LogP contribution is -2.52. The number of hydrogen-bond acceptors (Lipinski definition) is 4. The topological polar surface area (TPSA) is 69.7 Å². The van der Waals surface area contributed by atoms with Crippen molar-refractivity contribution in [3.05, 3.63) is 29.3 Å². The minimum atomic E-state index is -3.54. The summed E-state index contributed by atoms with van der Waals surface area (Å²) in [6.07, 6.45) is 4.45. The number of nitrogens with one attached hydrogen (secondary N) is 1. The van der Waals surface area contributed by atoms with Gasteiger partial charge >= 0.3 is 0 Å². The van der Waals surface area contributed by atoms with Gasteiger partial charge in [-0.25, -0.2) is 8.42 Å². The number of amides is 1. The number of rotatable bonds is 5. The molecule has 1 aliphatic carbocycles. The molecule has 0 aromatic heterocycles. The summed E-state index contributed by atoms with van der Waals surface area (Å²) < 4.78 is 26.9. The first kappa shape index (κ1) is 20.6. The van der Waals surface area contributed by atoms with Gasteiger partial charge in [0.15, 0.2) is 0 Å². The molecule has 1 N–H and O–H groups in total. The normalized spacial score (nSPS) is 25.3. The van der Waals surface area contributed by atoms with E-state index in [1.165, 1.54) is 23.2 Å². The maximum absolute atomic E-state index is 12.7. The van der Waals surface area contributed by atoms with E-state index in [-0.39, 0.29) is 16.8 Å². The average Bonchev–Trinajstić information content (AvgIpc) is 2.64. The fraction of sp³-hybridized carbons (Fsp3) is 0.632. The number of carbonyl (C=O) groups excluding carboxylic acids is 1. The van der Waals surface area contributed by atoms with Crippen molar-refractivity contribution in [1.82, 2.24) is 14.5 Å². The van der Waals surface area contributed by atoms with E-state index < -0.39 is 10.0 Å². The van der Waals surface area contributed by atoms with Gasteiger partial charge in [-0.15, -0.1) is 0 Å². The predicted octanol–water partition coefficient (Wildman–Crippen LogP) is 2.34. The van der Waals surface area contributed by atoms with Crippen LogP contribution in [0.2, 0.25) is 5.02 Å². The zero-order valence-corrected chi connectivity index (χ0v) is 17.3. The van der Waals surface area contributed by atoms with Crippen LogP contribution in [0.1, 0.15) is 32.6 Å². The highest BCUT2D eigenvalue weighted by Crippen LogP contribution is 2.23. The zero-order chi connectivity index (χ0) is 19.4. The second-order valence-electron chi connectivity index (χ2n) is 7.66. The lowest BCUT2D eigenvalue weighted by molar-refractivity contribution is -0.123. The molecule has 2 fully saturated rings. The average molecular weight is 414 g/mol. The second-order valence-corrected chi connectivity index (χ2v) is 10.0. The largest absolute Gasteiger partial charge is 0.352 e. The minimum absolute atomic E-state index is 0.0423. The van der Waals surface area contributed by atoms with Crippen LogP contribution in [0, 0.1) is 5.92 Å². The van der Waals surface area contributed by atoms with Gasteiger partial charge in [0.1, 0.15) is 0 Å². The summed E-state index contributed by atoms with van der Waals surface area (Å²) in [7, 11) is -3.54. The molecule has 0 spiro atoms. The van der Waals surface area contributed by atoms with E-state index in [9.17, 15) is 13.2 Å². The quantitative estimate of drug-likeness (QED) is 0.804. The number of benzene rings is 1. The summed E-state index contributed by atoms with van der Waals surface area (Å²) in [6.45, 7) is 4.45. The van der Waals surface area contributed by atoms with Gasteiger partial charge in [0.2, 0.25) is 15.9 Å². The first-order chi connectivity index (χ1) is 12.8. The number of piperazine rings is 1. The van der Waals surface area contributed by atoms with E-state index >= 15 is 0 Å². The van der Waals surface area contributed by atoms with Crippen molar-refractivity contribution in [2.75, 3.05) is 32.7 Å². The number of halogens is 1. The Hall–Kier alpha value is -1.15. The highest BCUT2D eigenvalue weighted by molar-refractivity contribution is 7.89. The third-order valence-electron chi connectivity index (χ3n) is 5.51. The Kier molecular flexibility index (Phi) is 6.78. The molecular formula is C19H28ClN3O3S. The molecule has 1 aromatic rings. The van der Waals surface area contributed by atoms with E-state index in [0.717, 1.165) is 18.8 Å². The molecule has 150 valence electrons. The summed E-state index contributed by atoms with van der Waals surface area (Å²) in [6, 6.07) is 6.62. The third kappa shape index (κ3) is 5.44. The number of carbonyl (C=O) groups is 1. The minimum Gasteiger partial charge on any atom is -0.352 e. The Labute approximate surface area is 166 Å². The summed E-state index contributed by atoms with van der Waals surface area (Å²) in [4.78, 5) is 14.5. The molecule has 1 saturated carbocycles. The number of sulfonamides is 1. The van der Waals surface area contributed by atoms with Gasteiger partial charge in [-0.1, -0.05) is 24.6 Å². The maximum Gasteiger partial charge on any atom is 0.243 e. The monoisotopic (exact) mass is 413 g/mol. The number of nitrogens with zero attached hydrogens (tertiary/aromatic N) is 2. The van der Waals surface area contributed by atoms with Crippen LogP contribution in [0.25, 0.3) is 0 Å². The Morgan fingerprint density at radius 2 is 1.81 bits per heavy atom. The van der Waals surface area contributed by atoms with Gasteiger partial charge in [0, 0.05) is 37.2 Å². The van der Waals surface area contributed by atoms with E-state index in [1.54, 1.807) is 18.2 Å². The van der Waals surface area contributed by atoms with Crippen LogP contribution in [0.5, 0.6) is 0 Å². The second kappa shape index (κ2) is 8.90. The Morgan fingerprint density at radius 3 is 2.44 bits per heavy atom. The van der Waals surface area contributed by atoms with E-state index in [4.69, 9.17) is 11.6 Å². The molecule has 8 heteroatoms. The van der Waals surface area contributed by atoms with Crippen molar-refractivity contribution in [3.63, 3.8) is 0 Å². The highest BCUT2D eigenvalue weighted by Gasteiger charge is 2.29. The number of hydrogen-bond donors (Lipinski definition) is 1. The molecule has 1 aromatic carbocycles. The highest BCUT2D eigenvalue weighted by atomic mass is 35.5. The van der Waals surface area contributed by atoms with Crippen LogP contribution in [0.15, 0.2) is 29.2 Å². The van der Waals surface area contributed by atoms with Gasteiger partial charge in [0.25, 0.3) is 0 Å². The summed E-state index contributed by atoms with van der Waals surface area (Å²) in [5, 5.41) is 3.54. The fourth-order valence-corrected chi connectivity index (χ4v) is 5.51. The standard InChI is InChI=1S/C19H28ClN3O3S/c1-15-5-7-17(8-6-15)21-19(24)14-22-9-11-23(12-10-22)27(25,26)18-4-2-3-16(20)13-18/h2-4,13,15,17H,5-12,14H2,1H3,(H,21,24). The molecule has 27 heavy (non-hydrogen) atoms. The van der Waals surface area contributed by atoms with Crippen LogP contribution in [-0.2, 0) is 14.8 Å². The summed E-state index contributed by atoms with van der Waals surface area (Å²) in [5.74, 6) is 0.799. The van der Waals surface area contributed by atoms with Crippen molar-refractivity contribution in [2.45, 2.75) is 43.5 Å². The van der Waals surface area contributed by atoms with Gasteiger partial charge < -0.3 is 5.32 Å². The lowest BCUT2D eigenvalue weighted by Gasteiger charge is -2.34. The van der Waals surface area contributed by atoms with Crippen LogP contribution >= 0.6 is 11.6 Å². The van der Waals surface area contributed by atoms with Gasteiger partial charge in [-0.2, -0.15) is 4.31 Å². The lowest BCUT2D eigenvalue weighted by atomic mass is 9.87. The van der Waals surface area contributed by atoms with Crippen LogP contribution in [0.4, 0.5) is 0 Å². The molecule has 1 saturated heterocycles. The molecule has 1 aliphatic heterocycles. The van der Waals surface area contributed by atoms with Crippen LogP contribution in [0.3, 0.4) is 0 Å². The SMILES string of the molecule is CC1CCC(NC(=O)CN2CCN(S(=O)(=O)c3cccc(Cl)c3)CC2)CC1. The first-order valence-corrected chi connectivity index (χ1v) is 11.4. The fourth-order valence-electron chi connectivity index (χ4n) is 3.79. The van der Waals surface area contributed by atoms with Crippen molar-refractivity contribution < 1.29 is 13.2 Å². The molecule has 0 bridgehead atoms. The smallest absolute Gasteiger partial charge is 0.243 e. The molecule has 0 atom stereocenters. The molecular weight excluding hydrogens is 386 g/mol. The molecule has 0 unspecified atom stereocenters. The van der Waals surface area contributed by atoms with Crippen LogP contribution in [-0.4, -0.2) is 62.3 Å². The zero-order valence-electron chi connectivity index (χ0n) is 15.7. The maximum atomic E-state index is 12.7. The Morgan fingerprint density at radius 1 is 1.15 bits per heavy atom. The van der Waals surface area contributed by atoms with E-state index in [0.29, 0.717) is 37.7 Å². The van der Waals surface area contributed by atoms with Gasteiger partial charge in [-0.3, -0.25) is 9.69 Å². The van der Waals surface area contributed by atoms with Crippen molar-refractivity contribution in [2.24, 2.45) is 5.92 Å². The molecule has 0 radical (unpaired) electrons. The van der Waals surface area contributed by atoms with Crippen molar-refractivity contribution in [1.29, 1.82) is 0 Å². The molecule has 1 amide bonds. The van der Waals surface area contributed by atoms with Crippen molar-refractivity contribution in [3.8, 4) is 0 Å². The Balaban J connectivity index is 1.48.